The van der Waals surface area contributed by atoms with Gasteiger partial charge in [-0.1, -0.05) is 20.3 Å². The second kappa shape index (κ2) is 5.87. The molecule has 1 rings (SSSR count). The van der Waals surface area contributed by atoms with Crippen LogP contribution < -0.4 is 5.32 Å². The van der Waals surface area contributed by atoms with Crippen LogP contribution in [0.3, 0.4) is 0 Å². The zero-order valence-corrected chi connectivity index (χ0v) is 10.9. The van der Waals surface area contributed by atoms with Crippen LogP contribution in [-0.4, -0.2) is 17.1 Å². The molecule has 3 unspecified atom stereocenters. The van der Waals surface area contributed by atoms with Crippen LogP contribution in [0.2, 0.25) is 0 Å². The lowest BCUT2D eigenvalue weighted by Gasteiger charge is -2.23. The minimum atomic E-state index is -1.03. The van der Waals surface area contributed by atoms with Crippen LogP contribution in [0.4, 0.5) is 0 Å². The summed E-state index contributed by atoms with van der Waals surface area (Å²) in [5.74, 6) is 0.201. The Morgan fingerprint density at radius 3 is 2.53 bits per heavy atom. The monoisotopic (exact) mass is 239 g/mol. The molecule has 0 amide bonds. The van der Waals surface area contributed by atoms with E-state index in [1.54, 1.807) is 6.07 Å². The molecular formula is C13H21NO3. The maximum Gasteiger partial charge on any atom is 0.371 e. The van der Waals surface area contributed by atoms with Gasteiger partial charge in [-0.3, -0.25) is 0 Å². The van der Waals surface area contributed by atoms with Crippen molar-refractivity contribution in [2.75, 3.05) is 0 Å². The van der Waals surface area contributed by atoms with Crippen LogP contribution in [0, 0.1) is 5.92 Å². The molecule has 0 radical (unpaired) electrons. The molecule has 0 spiro atoms. The zero-order chi connectivity index (χ0) is 13.0. The Morgan fingerprint density at radius 2 is 2.06 bits per heavy atom. The van der Waals surface area contributed by atoms with Gasteiger partial charge in [-0.05, 0) is 31.9 Å². The van der Waals surface area contributed by atoms with Crippen molar-refractivity contribution in [3.05, 3.63) is 23.7 Å². The Hall–Kier alpha value is -1.29. The number of hydrogen-bond acceptors (Lipinski definition) is 3. The van der Waals surface area contributed by atoms with E-state index in [-0.39, 0.29) is 11.8 Å². The van der Waals surface area contributed by atoms with E-state index in [4.69, 9.17) is 9.52 Å². The molecule has 0 fully saturated rings. The third-order valence-corrected chi connectivity index (χ3v) is 3.27. The lowest BCUT2D eigenvalue weighted by Crippen LogP contribution is -2.33. The molecule has 0 aliphatic rings. The van der Waals surface area contributed by atoms with Gasteiger partial charge in [0, 0.05) is 6.04 Å². The molecule has 1 heterocycles. The normalized spacial score (nSPS) is 16.5. The highest BCUT2D eigenvalue weighted by molar-refractivity contribution is 5.84. The van der Waals surface area contributed by atoms with Crippen LogP contribution in [0.5, 0.6) is 0 Å². The summed E-state index contributed by atoms with van der Waals surface area (Å²) in [7, 11) is 0. The van der Waals surface area contributed by atoms with E-state index in [0.717, 1.165) is 6.42 Å². The van der Waals surface area contributed by atoms with Gasteiger partial charge in [0.25, 0.3) is 0 Å². The minimum absolute atomic E-state index is 0.00940. The van der Waals surface area contributed by atoms with Crippen LogP contribution in [-0.2, 0) is 0 Å². The number of aromatic carboxylic acids is 1. The first-order valence-electron chi connectivity index (χ1n) is 6.04. The molecule has 0 saturated heterocycles. The topological polar surface area (TPSA) is 62.5 Å². The SMILES string of the molecule is CCC(C)C(C)NC(C)c1ccc(C(=O)O)o1. The third-order valence-electron chi connectivity index (χ3n) is 3.27. The van der Waals surface area contributed by atoms with E-state index < -0.39 is 5.97 Å². The number of hydrogen-bond donors (Lipinski definition) is 2. The van der Waals surface area contributed by atoms with Crippen molar-refractivity contribution in [3.63, 3.8) is 0 Å². The fraction of sp³-hybridized carbons (Fsp3) is 0.615. The average molecular weight is 239 g/mol. The van der Waals surface area contributed by atoms with E-state index >= 15 is 0 Å². The third kappa shape index (κ3) is 3.60. The highest BCUT2D eigenvalue weighted by atomic mass is 16.4. The molecule has 0 aromatic carbocycles. The maximum absolute atomic E-state index is 10.7. The van der Waals surface area contributed by atoms with Gasteiger partial charge in [0.1, 0.15) is 5.76 Å². The fourth-order valence-electron chi connectivity index (χ4n) is 1.69. The standard InChI is InChI=1S/C13H21NO3/c1-5-8(2)9(3)14-10(4)11-6-7-12(17-11)13(15)16/h6-10,14H,5H2,1-4H3,(H,15,16). The molecule has 3 atom stereocenters. The second-order valence-corrected chi connectivity index (χ2v) is 4.57. The van der Waals surface area contributed by atoms with Gasteiger partial charge in [-0.2, -0.15) is 0 Å². The summed E-state index contributed by atoms with van der Waals surface area (Å²) in [5.41, 5.74) is 0. The molecule has 0 aliphatic heterocycles. The van der Waals surface area contributed by atoms with E-state index in [9.17, 15) is 4.79 Å². The van der Waals surface area contributed by atoms with Crippen molar-refractivity contribution in [1.82, 2.24) is 5.32 Å². The number of rotatable bonds is 6. The van der Waals surface area contributed by atoms with Gasteiger partial charge in [0.15, 0.2) is 0 Å². The summed E-state index contributed by atoms with van der Waals surface area (Å²) < 4.78 is 5.26. The zero-order valence-electron chi connectivity index (χ0n) is 10.9. The molecule has 1 aromatic heterocycles. The van der Waals surface area contributed by atoms with Gasteiger partial charge in [-0.25, -0.2) is 4.79 Å². The van der Waals surface area contributed by atoms with Gasteiger partial charge in [0.2, 0.25) is 5.76 Å². The highest BCUT2D eigenvalue weighted by Gasteiger charge is 2.17. The maximum atomic E-state index is 10.7. The number of carboxylic acid groups (broad SMARTS) is 1. The molecule has 4 nitrogen and oxygen atoms in total. The van der Waals surface area contributed by atoms with Crippen molar-refractivity contribution in [3.8, 4) is 0 Å². The Morgan fingerprint density at radius 1 is 1.41 bits per heavy atom. The van der Waals surface area contributed by atoms with E-state index in [1.165, 1.54) is 6.07 Å². The van der Waals surface area contributed by atoms with Gasteiger partial charge in [0.05, 0.1) is 6.04 Å². The molecular weight excluding hydrogens is 218 g/mol. The van der Waals surface area contributed by atoms with Crippen molar-refractivity contribution in [2.45, 2.75) is 46.2 Å². The highest BCUT2D eigenvalue weighted by Crippen LogP contribution is 2.18. The number of nitrogens with one attached hydrogen (secondary N) is 1. The average Bonchev–Trinajstić information content (AvgIpc) is 2.77. The molecule has 2 N–H and O–H groups in total. The van der Waals surface area contributed by atoms with Gasteiger partial charge < -0.3 is 14.8 Å². The molecule has 0 saturated carbocycles. The molecule has 0 bridgehead atoms. The molecule has 0 aliphatic carbocycles. The largest absolute Gasteiger partial charge is 0.475 e. The van der Waals surface area contributed by atoms with E-state index in [2.05, 4.69) is 26.1 Å². The van der Waals surface area contributed by atoms with Crippen molar-refractivity contribution in [1.29, 1.82) is 0 Å². The Bertz CT molecular complexity index is 372. The first-order valence-corrected chi connectivity index (χ1v) is 6.04. The summed E-state index contributed by atoms with van der Waals surface area (Å²) in [5, 5.41) is 12.2. The molecule has 1 aromatic rings. The summed E-state index contributed by atoms with van der Waals surface area (Å²) in [6, 6.07) is 3.59. The number of carboxylic acids is 1. The molecule has 96 valence electrons. The smallest absolute Gasteiger partial charge is 0.371 e. The predicted molar refractivity (Wildman–Crippen MR) is 66.1 cm³/mol. The first-order chi connectivity index (χ1) is 7.95. The molecule has 17 heavy (non-hydrogen) atoms. The first kappa shape index (κ1) is 13.8. The number of carbonyl (C=O) groups is 1. The Balaban J connectivity index is 2.63. The summed E-state index contributed by atoms with van der Waals surface area (Å²) in [4.78, 5) is 10.7. The summed E-state index contributed by atoms with van der Waals surface area (Å²) >= 11 is 0. The van der Waals surface area contributed by atoms with Crippen LogP contribution in [0.1, 0.15) is 56.5 Å². The summed E-state index contributed by atoms with van der Waals surface area (Å²) in [6.45, 7) is 8.45. The Labute approximate surface area is 102 Å². The lowest BCUT2D eigenvalue weighted by atomic mass is 10.00. The number of furan rings is 1. The second-order valence-electron chi connectivity index (χ2n) is 4.57. The summed E-state index contributed by atoms with van der Waals surface area (Å²) in [6.07, 6.45) is 1.11. The lowest BCUT2D eigenvalue weighted by molar-refractivity contribution is 0.0659. The fourth-order valence-corrected chi connectivity index (χ4v) is 1.69. The van der Waals surface area contributed by atoms with Crippen molar-refractivity contribution in [2.24, 2.45) is 5.92 Å². The minimum Gasteiger partial charge on any atom is -0.475 e. The molecule has 4 heteroatoms. The quantitative estimate of drug-likeness (QED) is 0.800. The van der Waals surface area contributed by atoms with E-state index in [1.807, 2.05) is 6.92 Å². The van der Waals surface area contributed by atoms with Crippen LogP contribution in [0.25, 0.3) is 0 Å². The van der Waals surface area contributed by atoms with Gasteiger partial charge >= 0.3 is 5.97 Å². The van der Waals surface area contributed by atoms with E-state index in [0.29, 0.717) is 17.7 Å². The Kier molecular flexibility index (Phi) is 4.75. The predicted octanol–water partition coefficient (Wildman–Crippen LogP) is 3.06. The van der Waals surface area contributed by atoms with Crippen molar-refractivity contribution >= 4 is 5.97 Å². The van der Waals surface area contributed by atoms with Crippen LogP contribution in [0.15, 0.2) is 16.5 Å². The van der Waals surface area contributed by atoms with Crippen LogP contribution >= 0.6 is 0 Å². The van der Waals surface area contributed by atoms with Crippen molar-refractivity contribution < 1.29 is 14.3 Å². The van der Waals surface area contributed by atoms with Gasteiger partial charge in [-0.15, -0.1) is 0 Å².